The first-order valence-electron chi connectivity index (χ1n) is 16.3. The van der Waals surface area contributed by atoms with Crippen molar-refractivity contribution >= 4 is 17.6 Å². The predicted molar refractivity (Wildman–Crippen MR) is 159 cm³/mol. The van der Waals surface area contributed by atoms with Gasteiger partial charge in [0.1, 0.15) is 12.3 Å². The number of fused-ring (bicyclic) bond motifs is 8. The summed E-state index contributed by atoms with van der Waals surface area (Å²) in [5, 5.41) is 4.21. The molecule has 7 atom stereocenters. The van der Waals surface area contributed by atoms with Gasteiger partial charge in [0.25, 0.3) is 0 Å². The number of likely N-dealkylation sites (N-methyl/N-ethyl adjacent to an activating group) is 1. The highest BCUT2D eigenvalue weighted by Gasteiger charge is 2.71. The van der Waals surface area contributed by atoms with Crippen LogP contribution in [0.5, 0.6) is 0 Å². The van der Waals surface area contributed by atoms with Crippen LogP contribution in [0.1, 0.15) is 105 Å². The van der Waals surface area contributed by atoms with Crippen molar-refractivity contribution in [2.75, 3.05) is 20.1 Å². The van der Waals surface area contributed by atoms with Gasteiger partial charge in [0, 0.05) is 29.5 Å². The Morgan fingerprint density at radius 2 is 1.62 bits per heavy atom. The zero-order valence-corrected chi connectivity index (χ0v) is 26.9. The van der Waals surface area contributed by atoms with Gasteiger partial charge in [-0.3, -0.25) is 14.4 Å². The van der Waals surface area contributed by atoms with Crippen LogP contribution in [-0.2, 0) is 26.2 Å². The zero-order chi connectivity index (χ0) is 30.3. The second-order valence-electron chi connectivity index (χ2n) is 17.1. The summed E-state index contributed by atoms with van der Waals surface area (Å²) >= 11 is 0. The smallest absolute Gasteiger partial charge is 0.243 e. The SMILES string of the molecule is CN1CC(=O)N([C@]23CCC(C)(C)C[C@H]2[C@H]2C(=O)C=C4[C@@]5(C)Cc6cnoc6C(C)(C)[C@@H]5CC[C@@]4(C)[C@]2(C)CC3)CC1=O. The van der Waals surface area contributed by atoms with Gasteiger partial charge >= 0.3 is 0 Å². The van der Waals surface area contributed by atoms with Gasteiger partial charge in [0.2, 0.25) is 11.8 Å². The molecule has 2 amide bonds. The maximum atomic E-state index is 14.8. The lowest BCUT2D eigenvalue weighted by Crippen LogP contribution is -2.72. The van der Waals surface area contributed by atoms with Crippen LogP contribution in [0.15, 0.2) is 22.4 Å². The Labute approximate surface area is 250 Å². The standard InChI is InChI=1S/C35H49N3O4/c1-30(2)11-13-35(38-20-26(40)37(8)19-27(38)41)14-12-34(7)28(22(35)17-30)23(39)15-25-32(5)16-21-18-36-42-29(21)31(3,4)24(32)9-10-33(25,34)6/h15,18,22,24,28H,9-14,16-17,19-20H2,1-8H3/t22-,24-,28-,32-,33+,34+,35-/m0/s1. The summed E-state index contributed by atoms with van der Waals surface area (Å²) in [4.78, 5) is 44.9. The van der Waals surface area contributed by atoms with Crippen LogP contribution in [0, 0.1) is 39.4 Å². The van der Waals surface area contributed by atoms with Crippen molar-refractivity contribution < 1.29 is 18.9 Å². The van der Waals surface area contributed by atoms with Crippen LogP contribution >= 0.6 is 0 Å². The van der Waals surface area contributed by atoms with E-state index in [0.29, 0.717) is 5.92 Å². The van der Waals surface area contributed by atoms with E-state index in [0.717, 1.165) is 57.1 Å². The van der Waals surface area contributed by atoms with Gasteiger partial charge in [-0.15, -0.1) is 0 Å². The minimum Gasteiger partial charge on any atom is -0.361 e. The third-order valence-corrected chi connectivity index (χ3v) is 14.2. The highest BCUT2D eigenvalue weighted by Crippen LogP contribution is 2.74. The van der Waals surface area contributed by atoms with Gasteiger partial charge in [-0.1, -0.05) is 59.2 Å². The van der Waals surface area contributed by atoms with E-state index in [4.69, 9.17) is 4.52 Å². The highest BCUT2D eigenvalue weighted by molar-refractivity contribution is 5.96. The molecule has 1 saturated heterocycles. The molecular weight excluding hydrogens is 526 g/mol. The van der Waals surface area contributed by atoms with E-state index < -0.39 is 5.54 Å². The van der Waals surface area contributed by atoms with Crippen molar-refractivity contribution in [2.24, 2.45) is 39.4 Å². The molecule has 1 aromatic heterocycles. The normalized spacial score (nSPS) is 44.0. The molecule has 6 aliphatic rings. The van der Waals surface area contributed by atoms with Crippen molar-refractivity contribution in [2.45, 2.75) is 111 Å². The Bertz CT molecular complexity index is 1420. The molecule has 0 bridgehead atoms. The molecule has 0 radical (unpaired) electrons. The van der Waals surface area contributed by atoms with E-state index in [2.05, 4.69) is 59.7 Å². The second kappa shape index (κ2) is 8.38. The Balaban J connectivity index is 1.36. The van der Waals surface area contributed by atoms with Crippen LogP contribution in [0.25, 0.3) is 0 Å². The van der Waals surface area contributed by atoms with E-state index in [1.165, 1.54) is 11.1 Å². The first kappa shape index (κ1) is 28.3. The van der Waals surface area contributed by atoms with E-state index in [9.17, 15) is 14.4 Å². The van der Waals surface area contributed by atoms with Gasteiger partial charge in [-0.2, -0.15) is 0 Å². The number of amides is 2. The number of rotatable bonds is 1. The van der Waals surface area contributed by atoms with Crippen molar-refractivity contribution in [3.05, 3.63) is 29.2 Å². The first-order chi connectivity index (χ1) is 19.5. The molecule has 7 rings (SSSR count). The Kier molecular flexibility index (Phi) is 5.66. The van der Waals surface area contributed by atoms with Crippen molar-refractivity contribution in [1.82, 2.24) is 15.0 Å². The number of ketones is 1. The molecule has 1 aromatic rings. The lowest BCUT2D eigenvalue weighted by Gasteiger charge is -2.70. The maximum Gasteiger partial charge on any atom is 0.243 e. The minimum absolute atomic E-state index is 0.00396. The van der Waals surface area contributed by atoms with Gasteiger partial charge in [-0.05, 0) is 90.9 Å². The van der Waals surface area contributed by atoms with Gasteiger partial charge in [0.05, 0.1) is 12.7 Å². The van der Waals surface area contributed by atoms with Crippen molar-refractivity contribution in [1.29, 1.82) is 0 Å². The minimum atomic E-state index is -0.434. The van der Waals surface area contributed by atoms with Crippen molar-refractivity contribution in [3.63, 3.8) is 0 Å². The summed E-state index contributed by atoms with van der Waals surface area (Å²) in [6.45, 7) is 16.8. The van der Waals surface area contributed by atoms with Crippen molar-refractivity contribution in [3.8, 4) is 0 Å². The van der Waals surface area contributed by atoms with Gasteiger partial charge in [0.15, 0.2) is 5.78 Å². The number of hydrogen-bond donors (Lipinski definition) is 0. The third-order valence-electron chi connectivity index (χ3n) is 14.2. The molecule has 0 unspecified atom stereocenters. The molecule has 4 fully saturated rings. The first-order valence-corrected chi connectivity index (χ1v) is 16.3. The topological polar surface area (TPSA) is 83.7 Å². The summed E-state index contributed by atoms with van der Waals surface area (Å²) in [7, 11) is 1.72. The lowest BCUT2D eigenvalue weighted by molar-refractivity contribution is -0.189. The third kappa shape index (κ3) is 3.34. The van der Waals surface area contributed by atoms with Crippen LogP contribution in [0.4, 0.5) is 0 Å². The fraction of sp³-hybridized carbons (Fsp3) is 0.771. The second-order valence-corrected chi connectivity index (χ2v) is 17.1. The number of carbonyl (C=O) groups is 3. The zero-order valence-electron chi connectivity index (χ0n) is 26.9. The van der Waals surface area contributed by atoms with Crippen LogP contribution in [0.3, 0.4) is 0 Å². The molecule has 0 aromatic carbocycles. The fourth-order valence-electron chi connectivity index (χ4n) is 11.9. The molecule has 0 spiro atoms. The number of piperazine rings is 1. The molecule has 7 heteroatoms. The molecule has 3 saturated carbocycles. The molecule has 2 heterocycles. The highest BCUT2D eigenvalue weighted by atomic mass is 16.5. The number of allylic oxidation sites excluding steroid dienone is 2. The van der Waals surface area contributed by atoms with Crippen LogP contribution in [-0.4, -0.2) is 58.2 Å². The summed E-state index contributed by atoms with van der Waals surface area (Å²) in [6, 6.07) is 0. The van der Waals surface area contributed by atoms with E-state index in [-0.39, 0.29) is 69.6 Å². The molecule has 228 valence electrons. The van der Waals surface area contributed by atoms with Gasteiger partial charge in [-0.25, -0.2) is 0 Å². The fourth-order valence-corrected chi connectivity index (χ4v) is 11.9. The summed E-state index contributed by atoms with van der Waals surface area (Å²) < 4.78 is 5.83. The van der Waals surface area contributed by atoms with E-state index in [1.54, 1.807) is 11.9 Å². The average molecular weight is 576 g/mol. The number of aromatic nitrogens is 1. The van der Waals surface area contributed by atoms with Gasteiger partial charge < -0.3 is 14.3 Å². The Hall–Kier alpha value is -2.44. The quantitative estimate of drug-likeness (QED) is 0.428. The van der Waals surface area contributed by atoms with E-state index >= 15 is 0 Å². The average Bonchev–Trinajstić information content (AvgIpc) is 3.36. The maximum absolute atomic E-state index is 14.8. The predicted octanol–water partition coefficient (Wildman–Crippen LogP) is 5.72. The lowest BCUT2D eigenvalue weighted by atomic mass is 9.34. The molecule has 1 aliphatic heterocycles. The molecule has 7 nitrogen and oxygen atoms in total. The Morgan fingerprint density at radius 1 is 0.905 bits per heavy atom. The summed E-state index contributed by atoms with van der Waals surface area (Å²) in [5.41, 5.74) is 1.50. The molecule has 42 heavy (non-hydrogen) atoms. The van der Waals surface area contributed by atoms with Crippen LogP contribution < -0.4 is 0 Å². The Morgan fingerprint density at radius 3 is 2.36 bits per heavy atom. The molecule has 0 N–H and O–H groups in total. The molecule has 5 aliphatic carbocycles. The largest absolute Gasteiger partial charge is 0.361 e. The molecular formula is C35H49N3O4. The monoisotopic (exact) mass is 575 g/mol. The number of carbonyl (C=O) groups excluding carboxylic acids is 3. The van der Waals surface area contributed by atoms with E-state index in [1.807, 2.05) is 11.1 Å². The number of nitrogens with zero attached hydrogens (tertiary/aromatic N) is 3. The summed E-state index contributed by atoms with van der Waals surface area (Å²) in [5.74, 6) is 1.55. The number of hydrogen-bond acceptors (Lipinski definition) is 5. The summed E-state index contributed by atoms with van der Waals surface area (Å²) in [6.07, 6.45) is 11.5. The van der Waals surface area contributed by atoms with Crippen LogP contribution in [0.2, 0.25) is 0 Å².